The van der Waals surface area contributed by atoms with Gasteiger partial charge in [-0.05, 0) is 58.2 Å². The predicted octanol–water partition coefficient (Wildman–Crippen LogP) is 1.99. The number of rotatable bonds is 7. The fraction of sp³-hybridized carbons (Fsp3) is 0.615. The molecule has 37 heavy (non-hydrogen) atoms. The van der Waals surface area contributed by atoms with E-state index in [0.29, 0.717) is 29.7 Å². The zero-order valence-electron chi connectivity index (χ0n) is 21.0. The monoisotopic (exact) mass is 518 g/mol. The molecule has 0 spiro atoms. The van der Waals surface area contributed by atoms with E-state index in [1.54, 1.807) is 0 Å². The van der Waals surface area contributed by atoms with Gasteiger partial charge in [-0.3, -0.25) is 34.3 Å². The van der Waals surface area contributed by atoms with Gasteiger partial charge in [0.15, 0.2) is 17.4 Å². The Hall–Kier alpha value is -2.92. The summed E-state index contributed by atoms with van der Waals surface area (Å²) in [6, 6.07) is 0.113. The lowest BCUT2D eigenvalue weighted by molar-refractivity contribution is -0.136. The van der Waals surface area contributed by atoms with Crippen molar-refractivity contribution in [2.45, 2.75) is 76.6 Å². The van der Waals surface area contributed by atoms with E-state index in [0.717, 1.165) is 38.5 Å². The molecule has 5 rings (SSSR count). The van der Waals surface area contributed by atoms with Crippen LogP contribution in [0, 0.1) is 17.6 Å². The summed E-state index contributed by atoms with van der Waals surface area (Å²) in [4.78, 5) is 52.6. The third-order valence-corrected chi connectivity index (χ3v) is 7.99. The Bertz CT molecular complexity index is 1130. The van der Waals surface area contributed by atoms with Gasteiger partial charge in [-0.15, -0.1) is 0 Å². The normalized spacial score (nSPS) is 26.5. The Balaban J connectivity index is 1.28. The number of nitrogens with zero attached hydrogens (tertiary/aromatic N) is 2. The van der Waals surface area contributed by atoms with Gasteiger partial charge < -0.3 is 10.1 Å². The topological polar surface area (TPSA) is 108 Å². The summed E-state index contributed by atoms with van der Waals surface area (Å²) in [6.07, 6.45) is 2.91. The highest BCUT2D eigenvalue weighted by molar-refractivity contribution is 6.23. The smallest absolute Gasteiger partial charge is 0.265 e. The second-order valence-electron chi connectivity index (χ2n) is 10.7. The molecule has 9 nitrogen and oxygen atoms in total. The van der Waals surface area contributed by atoms with Gasteiger partial charge in [0.25, 0.3) is 11.8 Å². The molecule has 1 aliphatic carbocycles. The Morgan fingerprint density at radius 1 is 1.08 bits per heavy atom. The van der Waals surface area contributed by atoms with E-state index < -0.39 is 64.3 Å². The fourth-order valence-corrected chi connectivity index (χ4v) is 5.86. The standard InChI is InChI=1S/C26H32F2N4O5/c1-13(2)31(12-14-5-7-29-8-6-14)15-9-16(10-15)37-23-18(27)11-17-21(22(23)28)26(36)32(25(17)35)19-3-4-20(33)30-24(19)34/h11,13-16,19,29H,3-10,12H2,1-2H3,(H,30,33,34)/t15-,16-,19?. The average Bonchev–Trinajstić information content (AvgIpc) is 3.07. The molecular formula is C26H32F2N4O5. The minimum absolute atomic E-state index is 0.0666. The Kier molecular flexibility index (Phi) is 7.01. The largest absolute Gasteiger partial charge is 0.484 e. The van der Waals surface area contributed by atoms with Crippen LogP contribution in [-0.4, -0.2) is 77.3 Å². The van der Waals surface area contributed by atoms with E-state index in [-0.39, 0.29) is 18.9 Å². The number of hydrogen-bond donors (Lipinski definition) is 2. The molecule has 0 bridgehead atoms. The molecule has 4 aliphatic rings. The summed E-state index contributed by atoms with van der Waals surface area (Å²) in [6.45, 7) is 7.31. The van der Waals surface area contributed by atoms with Crippen LogP contribution in [0.25, 0.3) is 0 Å². The van der Waals surface area contributed by atoms with Crippen molar-refractivity contribution in [2.75, 3.05) is 19.6 Å². The van der Waals surface area contributed by atoms with Gasteiger partial charge in [0.1, 0.15) is 12.1 Å². The quantitative estimate of drug-likeness (QED) is 0.532. The van der Waals surface area contributed by atoms with Crippen molar-refractivity contribution in [1.82, 2.24) is 20.4 Å². The molecule has 2 N–H and O–H groups in total. The number of ether oxygens (including phenoxy) is 1. The number of carbonyl (C=O) groups is 4. The molecule has 0 radical (unpaired) electrons. The molecule has 200 valence electrons. The van der Waals surface area contributed by atoms with Crippen molar-refractivity contribution in [1.29, 1.82) is 0 Å². The van der Waals surface area contributed by atoms with Crippen molar-refractivity contribution in [3.8, 4) is 5.75 Å². The molecule has 1 saturated carbocycles. The van der Waals surface area contributed by atoms with Gasteiger partial charge in [0, 0.05) is 37.9 Å². The van der Waals surface area contributed by atoms with Crippen LogP contribution in [0.2, 0.25) is 0 Å². The van der Waals surface area contributed by atoms with Crippen molar-refractivity contribution >= 4 is 23.6 Å². The second-order valence-corrected chi connectivity index (χ2v) is 10.7. The first-order valence-corrected chi connectivity index (χ1v) is 13.0. The van der Waals surface area contributed by atoms with Crippen LogP contribution >= 0.6 is 0 Å². The summed E-state index contributed by atoms with van der Waals surface area (Å²) in [5.41, 5.74) is -1.05. The lowest BCUT2D eigenvalue weighted by Gasteiger charge is -2.46. The fourth-order valence-electron chi connectivity index (χ4n) is 5.86. The maximum atomic E-state index is 15.4. The molecule has 1 aromatic carbocycles. The maximum Gasteiger partial charge on any atom is 0.265 e. The Morgan fingerprint density at radius 2 is 1.78 bits per heavy atom. The Labute approximate surface area is 213 Å². The van der Waals surface area contributed by atoms with Crippen molar-refractivity contribution in [2.24, 2.45) is 5.92 Å². The minimum Gasteiger partial charge on any atom is -0.484 e. The lowest BCUT2D eigenvalue weighted by atomic mass is 9.85. The van der Waals surface area contributed by atoms with Crippen LogP contribution < -0.4 is 15.4 Å². The zero-order valence-corrected chi connectivity index (χ0v) is 21.0. The third-order valence-electron chi connectivity index (χ3n) is 7.99. The molecule has 4 amide bonds. The van der Waals surface area contributed by atoms with Crippen LogP contribution in [0.1, 0.15) is 73.1 Å². The van der Waals surface area contributed by atoms with E-state index in [2.05, 4.69) is 29.4 Å². The SMILES string of the molecule is CC(C)N(CC1CCNCC1)[C@H]1C[C@H](Oc2c(F)cc3c(c2F)C(=O)N(C2CCC(=O)NC2=O)C3=O)C1. The highest BCUT2D eigenvalue weighted by atomic mass is 19.1. The molecule has 3 fully saturated rings. The van der Waals surface area contributed by atoms with Gasteiger partial charge in [0.05, 0.1) is 11.1 Å². The number of benzene rings is 1. The molecule has 1 aromatic rings. The summed E-state index contributed by atoms with van der Waals surface area (Å²) in [5.74, 6) is -5.69. The van der Waals surface area contributed by atoms with E-state index >= 15 is 4.39 Å². The molecule has 2 saturated heterocycles. The number of carbonyl (C=O) groups excluding carboxylic acids is 4. The van der Waals surface area contributed by atoms with E-state index in [1.807, 2.05) is 0 Å². The van der Waals surface area contributed by atoms with E-state index in [9.17, 15) is 23.6 Å². The van der Waals surface area contributed by atoms with Crippen molar-refractivity contribution < 1.29 is 32.7 Å². The van der Waals surface area contributed by atoms with E-state index in [1.165, 1.54) is 0 Å². The first kappa shape index (κ1) is 25.7. The lowest BCUT2D eigenvalue weighted by Crippen LogP contribution is -2.54. The predicted molar refractivity (Wildman–Crippen MR) is 128 cm³/mol. The molecule has 1 unspecified atom stereocenters. The summed E-state index contributed by atoms with van der Waals surface area (Å²) >= 11 is 0. The number of nitrogens with one attached hydrogen (secondary N) is 2. The number of imide groups is 2. The van der Waals surface area contributed by atoms with Gasteiger partial charge in [-0.2, -0.15) is 0 Å². The zero-order chi connectivity index (χ0) is 26.4. The van der Waals surface area contributed by atoms with Crippen LogP contribution in [0.3, 0.4) is 0 Å². The van der Waals surface area contributed by atoms with Crippen LogP contribution in [0.15, 0.2) is 6.07 Å². The summed E-state index contributed by atoms with van der Waals surface area (Å²) < 4.78 is 36.1. The van der Waals surface area contributed by atoms with Crippen LogP contribution in [0.5, 0.6) is 5.75 Å². The van der Waals surface area contributed by atoms with Crippen molar-refractivity contribution in [3.63, 3.8) is 0 Å². The van der Waals surface area contributed by atoms with Gasteiger partial charge >= 0.3 is 0 Å². The maximum absolute atomic E-state index is 15.4. The minimum atomic E-state index is -1.26. The molecule has 0 aromatic heterocycles. The van der Waals surface area contributed by atoms with Crippen LogP contribution in [0.4, 0.5) is 8.78 Å². The molecule has 11 heteroatoms. The first-order chi connectivity index (χ1) is 17.7. The van der Waals surface area contributed by atoms with Gasteiger partial charge in [-0.25, -0.2) is 8.78 Å². The summed E-state index contributed by atoms with van der Waals surface area (Å²) in [5, 5.41) is 5.45. The second kappa shape index (κ2) is 10.1. The third kappa shape index (κ3) is 4.74. The molecule has 3 aliphatic heterocycles. The Morgan fingerprint density at radius 3 is 2.43 bits per heavy atom. The number of amides is 4. The van der Waals surface area contributed by atoms with E-state index in [4.69, 9.17) is 4.74 Å². The van der Waals surface area contributed by atoms with Crippen LogP contribution in [-0.2, 0) is 9.59 Å². The molecule has 1 atom stereocenters. The molecule has 3 heterocycles. The van der Waals surface area contributed by atoms with Crippen molar-refractivity contribution in [3.05, 3.63) is 28.8 Å². The first-order valence-electron chi connectivity index (χ1n) is 13.0. The number of piperidine rings is 2. The number of hydrogen-bond acceptors (Lipinski definition) is 7. The number of halogens is 2. The highest BCUT2D eigenvalue weighted by Crippen LogP contribution is 2.38. The summed E-state index contributed by atoms with van der Waals surface area (Å²) in [7, 11) is 0. The van der Waals surface area contributed by atoms with Gasteiger partial charge in [-0.1, -0.05) is 0 Å². The molecular weight excluding hydrogens is 486 g/mol. The van der Waals surface area contributed by atoms with Gasteiger partial charge in [0.2, 0.25) is 11.8 Å². The number of fused-ring (bicyclic) bond motifs is 1. The highest BCUT2D eigenvalue weighted by Gasteiger charge is 2.48. The average molecular weight is 519 g/mol.